The van der Waals surface area contributed by atoms with Crippen molar-refractivity contribution in [2.45, 2.75) is 85.4 Å². The van der Waals surface area contributed by atoms with Crippen LogP contribution in [0.2, 0.25) is 0 Å². The number of anilines is 3. The number of amides is 11. The van der Waals surface area contributed by atoms with Crippen LogP contribution in [0.25, 0.3) is 16.4 Å². The second kappa shape index (κ2) is 34.4. The highest BCUT2D eigenvalue weighted by Crippen LogP contribution is 2.47. The van der Waals surface area contributed by atoms with E-state index < -0.39 is 71.9 Å². The van der Waals surface area contributed by atoms with Crippen molar-refractivity contribution in [3.05, 3.63) is 125 Å². The van der Waals surface area contributed by atoms with Gasteiger partial charge in [-0.05, 0) is 102 Å². The van der Waals surface area contributed by atoms with E-state index in [1.54, 1.807) is 78.0 Å². The Morgan fingerprint density at radius 1 is 0.818 bits per heavy atom. The molecule has 99 heavy (non-hydrogen) atoms. The fraction of sp³-hybridized carbons (Fsp3) is 0.435. The highest BCUT2D eigenvalue weighted by Gasteiger charge is 2.44. The molecule has 2 aromatic heterocycles. The largest absolute Gasteiger partial charge is 0.508 e. The molecule has 4 heterocycles. The summed E-state index contributed by atoms with van der Waals surface area (Å²) in [5.74, 6) is -3.60. The fourth-order valence-corrected chi connectivity index (χ4v) is 11.6. The number of hydrogen-bond acceptors (Lipinski definition) is 18. The number of aromatic nitrogens is 2. The molecular formula is C69H85ClN12O17. The van der Waals surface area contributed by atoms with Crippen molar-refractivity contribution in [3.8, 4) is 11.5 Å². The summed E-state index contributed by atoms with van der Waals surface area (Å²) < 4.78 is 29.8. The summed E-state index contributed by atoms with van der Waals surface area (Å²) in [6, 6.07) is 19.5. The molecule has 1 saturated heterocycles. The van der Waals surface area contributed by atoms with Gasteiger partial charge in [-0.3, -0.25) is 33.7 Å². The van der Waals surface area contributed by atoms with Crippen molar-refractivity contribution in [1.82, 2.24) is 40.0 Å². The number of phenolic OH excluding ortho intramolecular Hbond substituents is 1. The zero-order valence-electron chi connectivity index (χ0n) is 56.3. The molecule has 0 bridgehead atoms. The van der Waals surface area contributed by atoms with Crippen LogP contribution in [0.5, 0.6) is 11.5 Å². The predicted octanol–water partition coefficient (Wildman–Crippen LogP) is 6.88. The van der Waals surface area contributed by atoms with Gasteiger partial charge in [0.05, 0.1) is 56.9 Å². The molecule has 2 aliphatic heterocycles. The summed E-state index contributed by atoms with van der Waals surface area (Å²) in [7, 11) is 1.49. The standard InChI is InChI=1S/C69H85ClN12O17/c1-41(2)59(77-66(92)97-33-32-96-30-27-81-56(85)34-50(63(81)89)69(4,5)6)62(88)76-51(12-9-23-72-65(71)91)61(87)73-46-17-13-43(14-18-46)40-98-67(93)78(7)24-25-79(26-29-95-31-28-83)68(94)99-54-35-53-58(57-42(3)10-8-11-49(54)57)45(36-70)37-82(53)64(90)52-39-80-38-47(19-22-55(80)75-52)74-60(86)44-15-20-48(84)21-16-44/h8,10-11,13-22,35,38-39,41,45,50-51,59,83-84H,9,12,23-34,36-37,40H2,1-7H3,(H,73,87)(H,74,86)(H,76,88)(H,77,92)(H3,71,72,91)/t45-,50?,51+,59?/m1/s1. The number of halogens is 1. The summed E-state index contributed by atoms with van der Waals surface area (Å²) in [6.45, 7) is 10.5. The number of primary amides is 1. The van der Waals surface area contributed by atoms with Gasteiger partial charge in [-0.2, -0.15) is 0 Å². The second-order valence-corrected chi connectivity index (χ2v) is 25.7. The maximum Gasteiger partial charge on any atom is 0.415 e. The number of imide groups is 1. The number of hydrogen-bond donors (Lipinski definition) is 8. The van der Waals surface area contributed by atoms with E-state index >= 15 is 0 Å². The first kappa shape index (κ1) is 74.7. The molecule has 530 valence electrons. The number of carbonyl (C=O) groups excluding carboxylic acids is 10. The Bertz CT molecular complexity index is 3920. The van der Waals surface area contributed by atoms with Gasteiger partial charge in [0.25, 0.3) is 11.8 Å². The number of nitrogens with two attached hydrogens (primary N) is 1. The van der Waals surface area contributed by atoms with Crippen molar-refractivity contribution in [1.29, 1.82) is 0 Å². The highest BCUT2D eigenvalue weighted by molar-refractivity contribution is 6.19. The Hall–Kier alpha value is -10.1. The molecule has 30 heteroatoms. The van der Waals surface area contributed by atoms with Crippen LogP contribution in [0.15, 0.2) is 97.3 Å². The van der Waals surface area contributed by atoms with E-state index in [1.807, 2.05) is 45.9 Å². The van der Waals surface area contributed by atoms with Crippen LogP contribution >= 0.6 is 11.6 Å². The average molecular weight is 1390 g/mol. The van der Waals surface area contributed by atoms with Gasteiger partial charge < -0.3 is 85.3 Å². The molecule has 29 nitrogen and oxygen atoms in total. The molecule has 4 aromatic carbocycles. The van der Waals surface area contributed by atoms with Crippen LogP contribution in [-0.2, 0) is 44.7 Å². The molecule has 8 rings (SSSR count). The molecule has 2 unspecified atom stereocenters. The van der Waals surface area contributed by atoms with Crippen LogP contribution < -0.4 is 42.0 Å². The van der Waals surface area contributed by atoms with Crippen molar-refractivity contribution in [2.75, 3.05) is 107 Å². The summed E-state index contributed by atoms with van der Waals surface area (Å²) >= 11 is 6.65. The lowest BCUT2D eigenvalue weighted by atomic mass is 9.80. The van der Waals surface area contributed by atoms with E-state index in [4.69, 9.17) is 41.0 Å². The van der Waals surface area contributed by atoms with Gasteiger partial charge in [0.2, 0.25) is 23.6 Å². The molecule has 6 aromatic rings. The molecule has 11 amide bonds. The number of rotatable bonds is 31. The monoisotopic (exact) mass is 1390 g/mol. The van der Waals surface area contributed by atoms with Crippen molar-refractivity contribution in [3.63, 3.8) is 0 Å². The van der Waals surface area contributed by atoms with Gasteiger partial charge in [0.1, 0.15) is 48.1 Å². The minimum Gasteiger partial charge on any atom is -0.508 e. The average Bonchev–Trinajstić information content (AvgIpc) is 1.63. The summed E-state index contributed by atoms with van der Waals surface area (Å²) in [5.41, 5.74) is 9.09. The maximum absolute atomic E-state index is 14.6. The third-order valence-corrected chi connectivity index (χ3v) is 17.1. The van der Waals surface area contributed by atoms with E-state index in [1.165, 1.54) is 46.0 Å². The van der Waals surface area contributed by atoms with Crippen LogP contribution in [0.1, 0.15) is 97.3 Å². The number of benzene rings is 4. The van der Waals surface area contributed by atoms with E-state index in [0.29, 0.717) is 39.2 Å². The highest BCUT2D eigenvalue weighted by atomic mass is 35.5. The van der Waals surface area contributed by atoms with Gasteiger partial charge in [-0.25, -0.2) is 24.2 Å². The van der Waals surface area contributed by atoms with Gasteiger partial charge in [-0.15, -0.1) is 11.6 Å². The van der Waals surface area contributed by atoms with Crippen molar-refractivity contribution < 1.29 is 81.8 Å². The van der Waals surface area contributed by atoms with Crippen LogP contribution in [0.3, 0.4) is 0 Å². The Kier molecular flexibility index (Phi) is 26.0. The first-order valence-corrected chi connectivity index (χ1v) is 32.9. The molecule has 0 radical (unpaired) electrons. The van der Waals surface area contributed by atoms with E-state index in [2.05, 4.69) is 31.6 Å². The zero-order valence-corrected chi connectivity index (χ0v) is 57.1. The number of fused-ring (bicyclic) bond motifs is 4. The quantitative estimate of drug-likeness (QED) is 0.0125. The minimum atomic E-state index is -1.16. The van der Waals surface area contributed by atoms with E-state index in [0.717, 1.165) is 16.5 Å². The molecule has 0 spiro atoms. The molecule has 9 N–H and O–H groups in total. The summed E-state index contributed by atoms with van der Waals surface area (Å²) in [5, 5.41) is 33.7. The number of aromatic hydroxyl groups is 1. The molecular weight excluding hydrogens is 1300 g/mol. The Balaban J connectivity index is 0.855. The Morgan fingerprint density at radius 3 is 2.23 bits per heavy atom. The number of aryl methyl sites for hydroxylation is 1. The topological polar surface area (TPSA) is 374 Å². The smallest absolute Gasteiger partial charge is 0.415 e. The minimum absolute atomic E-state index is 0.0000727. The number of pyridine rings is 1. The number of likely N-dealkylation sites (tertiary alicyclic amines) is 1. The number of alkyl halides is 1. The molecule has 4 atom stereocenters. The normalized spacial score (nSPS) is 14.9. The van der Waals surface area contributed by atoms with Crippen molar-refractivity contribution in [2.24, 2.45) is 23.0 Å². The molecule has 2 aliphatic rings. The number of likely N-dealkylation sites (N-methyl/N-ethyl adjacent to an activating group) is 1. The van der Waals surface area contributed by atoms with Gasteiger partial charge in [0.15, 0.2) is 0 Å². The number of phenols is 1. The Morgan fingerprint density at radius 2 is 1.55 bits per heavy atom. The first-order chi connectivity index (χ1) is 47.2. The number of alkyl carbamates (subject to hydrolysis) is 1. The van der Waals surface area contributed by atoms with Crippen LogP contribution in [0.4, 0.5) is 36.2 Å². The van der Waals surface area contributed by atoms with Crippen LogP contribution in [0, 0.1) is 24.2 Å². The van der Waals surface area contributed by atoms with Crippen molar-refractivity contribution >= 4 is 105 Å². The SMILES string of the molecule is Cc1cccc2c(OC(=O)N(CCOCCO)CCN(C)C(=O)OCc3ccc(NC(=O)[C@H](CCCNC(N)=O)NC(=O)C(NC(=O)OCCOCCN4C(=O)CC(C(C)(C)C)C4=O)C(C)C)cc3)cc3c(c12)[C@H](CCl)CN3C(=O)c1cn2cc(NC(=O)c3ccc(O)cc3)ccc2n1. The Labute approximate surface area is 576 Å². The first-order valence-electron chi connectivity index (χ1n) is 32.4. The molecule has 1 fully saturated rings. The van der Waals surface area contributed by atoms with Crippen LogP contribution in [-0.4, -0.2) is 198 Å². The number of ether oxygens (including phenoxy) is 5. The number of carbonyl (C=O) groups is 10. The maximum atomic E-state index is 14.6. The number of urea groups is 1. The van der Waals surface area contributed by atoms with Gasteiger partial charge >= 0.3 is 24.3 Å². The third-order valence-electron chi connectivity index (χ3n) is 16.8. The number of imidazole rings is 1. The second-order valence-electron chi connectivity index (χ2n) is 25.4. The van der Waals surface area contributed by atoms with Gasteiger partial charge in [0, 0.05) is 93.1 Å². The van der Waals surface area contributed by atoms with Gasteiger partial charge in [-0.1, -0.05) is 65.0 Å². The lowest BCUT2D eigenvalue weighted by molar-refractivity contribution is -0.141. The molecule has 0 aliphatic carbocycles. The lowest BCUT2D eigenvalue weighted by Crippen LogP contribution is -2.54. The lowest BCUT2D eigenvalue weighted by Gasteiger charge is -2.26. The van der Waals surface area contributed by atoms with E-state index in [9.17, 15) is 58.2 Å². The number of nitrogens with zero attached hydrogens (tertiary/aromatic N) is 6. The summed E-state index contributed by atoms with van der Waals surface area (Å²) in [6.07, 6.45) is 1.10. The predicted molar refractivity (Wildman–Crippen MR) is 365 cm³/mol. The number of nitrogens with one attached hydrogen (secondary N) is 5. The number of aliphatic hydroxyl groups excluding tert-OH is 1. The molecule has 0 saturated carbocycles. The summed E-state index contributed by atoms with van der Waals surface area (Å²) in [4.78, 5) is 143. The number of aliphatic hydroxyl groups is 1. The zero-order chi connectivity index (χ0) is 71.7. The van der Waals surface area contributed by atoms with E-state index in [-0.39, 0.29) is 151 Å². The third kappa shape index (κ3) is 19.8. The fourth-order valence-electron chi connectivity index (χ4n) is 11.3.